The molecule has 2 saturated heterocycles. The Morgan fingerprint density at radius 3 is 2.57 bits per heavy atom. The van der Waals surface area contributed by atoms with Crippen molar-refractivity contribution in [1.82, 2.24) is 0 Å². The van der Waals surface area contributed by atoms with E-state index in [1.54, 1.807) is 54.5 Å². The van der Waals surface area contributed by atoms with Crippen LogP contribution >= 0.6 is 0 Å². The van der Waals surface area contributed by atoms with Crippen molar-refractivity contribution in [2.45, 2.75) is 12.8 Å². The Bertz CT molecular complexity index is 1070. The van der Waals surface area contributed by atoms with E-state index >= 15 is 0 Å². The van der Waals surface area contributed by atoms with Crippen LogP contribution in [0.2, 0.25) is 0 Å². The Labute approximate surface area is 175 Å². The van der Waals surface area contributed by atoms with Gasteiger partial charge < -0.3 is 15.0 Å². The van der Waals surface area contributed by atoms with Gasteiger partial charge in [-0.25, -0.2) is 8.42 Å². The number of carbonyl (C=O) groups excluding carboxylic acids is 2. The standard InChI is InChI=1S/C21H23N3O5S/c1-29-19-5-2-4-18(13-19)23-14-15(12-20(23)25)21(26)22-16-6-8-17(9-7-16)24-10-3-11-30(24,27)28/h2,4-9,13,15H,3,10-12,14H2,1H3,(H,22,26)/t15-/m0/s1. The third-order valence-electron chi connectivity index (χ3n) is 5.38. The van der Waals surface area contributed by atoms with E-state index < -0.39 is 15.9 Å². The predicted octanol–water partition coefficient (Wildman–Crippen LogP) is 2.23. The molecule has 30 heavy (non-hydrogen) atoms. The zero-order chi connectivity index (χ0) is 21.3. The lowest BCUT2D eigenvalue weighted by molar-refractivity contribution is -0.122. The monoisotopic (exact) mass is 429 g/mol. The van der Waals surface area contributed by atoms with Crippen LogP contribution in [0.1, 0.15) is 12.8 Å². The first-order valence-electron chi connectivity index (χ1n) is 9.73. The van der Waals surface area contributed by atoms with Crippen LogP contribution in [0.4, 0.5) is 17.1 Å². The number of nitrogens with zero attached hydrogens (tertiary/aromatic N) is 2. The highest BCUT2D eigenvalue weighted by Gasteiger charge is 2.35. The van der Waals surface area contributed by atoms with E-state index in [2.05, 4.69) is 5.32 Å². The minimum Gasteiger partial charge on any atom is -0.497 e. The highest BCUT2D eigenvalue weighted by Crippen LogP contribution is 2.29. The minimum atomic E-state index is -3.24. The Kier molecular flexibility index (Phi) is 5.38. The molecular formula is C21H23N3O5S. The fraction of sp³-hybridized carbons (Fsp3) is 0.333. The van der Waals surface area contributed by atoms with Gasteiger partial charge in [-0.3, -0.25) is 13.9 Å². The van der Waals surface area contributed by atoms with E-state index in [1.165, 1.54) is 4.31 Å². The lowest BCUT2D eigenvalue weighted by atomic mass is 10.1. The average molecular weight is 429 g/mol. The smallest absolute Gasteiger partial charge is 0.235 e. The molecule has 1 N–H and O–H groups in total. The number of benzene rings is 2. The summed E-state index contributed by atoms with van der Waals surface area (Å²) in [6.45, 7) is 0.764. The van der Waals surface area contributed by atoms with Gasteiger partial charge in [-0.05, 0) is 42.8 Å². The minimum absolute atomic E-state index is 0.113. The number of nitrogens with one attached hydrogen (secondary N) is 1. The van der Waals surface area contributed by atoms with Gasteiger partial charge in [0.15, 0.2) is 0 Å². The topological polar surface area (TPSA) is 96.0 Å². The Morgan fingerprint density at radius 2 is 1.90 bits per heavy atom. The summed E-state index contributed by atoms with van der Waals surface area (Å²) in [6.07, 6.45) is 0.744. The lowest BCUT2D eigenvalue weighted by Crippen LogP contribution is -2.28. The van der Waals surface area contributed by atoms with Crippen LogP contribution in [0.5, 0.6) is 5.75 Å². The van der Waals surface area contributed by atoms with Crippen LogP contribution in [0.15, 0.2) is 48.5 Å². The summed E-state index contributed by atoms with van der Waals surface area (Å²) >= 11 is 0. The zero-order valence-electron chi connectivity index (χ0n) is 16.6. The highest BCUT2D eigenvalue weighted by molar-refractivity contribution is 7.93. The van der Waals surface area contributed by atoms with Crippen molar-refractivity contribution >= 4 is 38.9 Å². The summed E-state index contributed by atoms with van der Waals surface area (Å²) in [6, 6.07) is 13.9. The van der Waals surface area contributed by atoms with E-state index in [0.717, 1.165) is 0 Å². The molecule has 2 amide bonds. The summed E-state index contributed by atoms with van der Waals surface area (Å²) in [7, 11) is -1.68. The van der Waals surface area contributed by atoms with Gasteiger partial charge in [0.25, 0.3) is 0 Å². The van der Waals surface area contributed by atoms with Crippen LogP contribution in [0.3, 0.4) is 0 Å². The van der Waals surface area contributed by atoms with E-state index in [4.69, 9.17) is 4.74 Å². The van der Waals surface area contributed by atoms with Crippen molar-refractivity contribution in [3.05, 3.63) is 48.5 Å². The first-order chi connectivity index (χ1) is 14.4. The molecule has 0 spiro atoms. The molecule has 1 atom stereocenters. The average Bonchev–Trinajstić information content (AvgIpc) is 3.30. The van der Waals surface area contributed by atoms with Crippen molar-refractivity contribution in [3.8, 4) is 5.75 Å². The largest absolute Gasteiger partial charge is 0.497 e. The molecule has 0 aromatic heterocycles. The molecule has 0 bridgehead atoms. The summed E-state index contributed by atoms with van der Waals surface area (Å²) in [5.74, 6) is -0.0192. The molecule has 2 fully saturated rings. The van der Waals surface area contributed by atoms with Gasteiger partial charge in [0, 0.05) is 37.0 Å². The van der Waals surface area contributed by atoms with E-state index in [9.17, 15) is 18.0 Å². The molecule has 2 heterocycles. The number of carbonyl (C=O) groups is 2. The summed E-state index contributed by atoms with van der Waals surface area (Å²) in [5, 5.41) is 2.83. The van der Waals surface area contributed by atoms with Crippen molar-refractivity contribution in [3.63, 3.8) is 0 Å². The van der Waals surface area contributed by atoms with Crippen LogP contribution in [0, 0.1) is 5.92 Å². The second-order valence-electron chi connectivity index (χ2n) is 7.38. The van der Waals surface area contributed by atoms with Crippen LogP contribution < -0.4 is 19.3 Å². The molecule has 8 nitrogen and oxygen atoms in total. The molecule has 2 aliphatic rings. The number of ether oxygens (including phenoxy) is 1. The second kappa shape index (κ2) is 7.98. The van der Waals surface area contributed by atoms with E-state index in [1.807, 2.05) is 6.07 Å². The zero-order valence-corrected chi connectivity index (χ0v) is 17.4. The molecule has 158 valence electrons. The fourth-order valence-electron chi connectivity index (χ4n) is 3.80. The second-order valence-corrected chi connectivity index (χ2v) is 9.40. The van der Waals surface area contributed by atoms with Gasteiger partial charge in [-0.15, -0.1) is 0 Å². The van der Waals surface area contributed by atoms with Crippen LogP contribution in [-0.2, 0) is 19.6 Å². The molecule has 2 aromatic carbocycles. The number of hydrogen-bond donors (Lipinski definition) is 1. The van der Waals surface area contributed by atoms with Crippen molar-refractivity contribution in [2.75, 3.05) is 40.5 Å². The van der Waals surface area contributed by atoms with E-state index in [-0.39, 0.29) is 24.0 Å². The molecule has 0 aliphatic carbocycles. The predicted molar refractivity (Wildman–Crippen MR) is 114 cm³/mol. The molecule has 0 radical (unpaired) electrons. The first-order valence-corrected chi connectivity index (χ1v) is 11.3. The quantitative estimate of drug-likeness (QED) is 0.786. The lowest BCUT2D eigenvalue weighted by Gasteiger charge is -2.18. The maximum atomic E-state index is 12.7. The van der Waals surface area contributed by atoms with Crippen LogP contribution in [-0.4, -0.2) is 46.2 Å². The van der Waals surface area contributed by atoms with Gasteiger partial charge in [-0.1, -0.05) is 6.07 Å². The number of amides is 2. The van der Waals surface area contributed by atoms with Crippen molar-refractivity contribution < 1.29 is 22.7 Å². The number of methoxy groups -OCH3 is 1. The van der Waals surface area contributed by atoms with Crippen molar-refractivity contribution in [2.24, 2.45) is 5.92 Å². The SMILES string of the molecule is COc1cccc(N2C[C@@H](C(=O)Nc3ccc(N4CCCS4(=O)=O)cc3)CC2=O)c1. The molecule has 2 aromatic rings. The maximum absolute atomic E-state index is 12.7. The third-order valence-corrected chi connectivity index (χ3v) is 7.25. The first kappa shape index (κ1) is 20.2. The molecule has 9 heteroatoms. The fourth-order valence-corrected chi connectivity index (χ4v) is 5.36. The molecular weight excluding hydrogens is 406 g/mol. The number of rotatable bonds is 5. The molecule has 2 aliphatic heterocycles. The molecule has 4 rings (SSSR count). The summed E-state index contributed by atoms with van der Waals surface area (Å²) < 4.78 is 30.7. The maximum Gasteiger partial charge on any atom is 0.235 e. The van der Waals surface area contributed by atoms with Crippen LogP contribution in [0.25, 0.3) is 0 Å². The van der Waals surface area contributed by atoms with Gasteiger partial charge >= 0.3 is 0 Å². The number of hydrogen-bond acceptors (Lipinski definition) is 5. The van der Waals surface area contributed by atoms with E-state index in [0.29, 0.717) is 42.3 Å². The number of sulfonamides is 1. The Morgan fingerprint density at radius 1 is 1.13 bits per heavy atom. The Hall–Kier alpha value is -3.07. The third kappa shape index (κ3) is 3.97. The van der Waals surface area contributed by atoms with Gasteiger partial charge in [0.2, 0.25) is 21.8 Å². The summed E-state index contributed by atoms with van der Waals surface area (Å²) in [4.78, 5) is 26.7. The molecule has 0 unspecified atom stereocenters. The highest BCUT2D eigenvalue weighted by atomic mass is 32.2. The molecule has 0 saturated carbocycles. The summed E-state index contributed by atoms with van der Waals surface area (Å²) in [5.41, 5.74) is 1.85. The number of anilines is 3. The van der Waals surface area contributed by atoms with Gasteiger partial charge in [0.1, 0.15) is 5.75 Å². The van der Waals surface area contributed by atoms with Gasteiger partial charge in [0.05, 0.1) is 24.5 Å². The Balaban J connectivity index is 1.41. The van der Waals surface area contributed by atoms with Gasteiger partial charge in [-0.2, -0.15) is 0 Å². The normalized spacial score (nSPS) is 20.4. The van der Waals surface area contributed by atoms with Crippen molar-refractivity contribution in [1.29, 1.82) is 0 Å².